The number of ether oxygens (including phenoxy) is 1. The molecule has 0 saturated carbocycles. The monoisotopic (exact) mass is 430 g/mol. The third-order valence-electron chi connectivity index (χ3n) is 5.48. The smallest absolute Gasteiger partial charge is 0.251 e. The second-order valence-corrected chi connectivity index (χ2v) is 9.48. The van der Waals surface area contributed by atoms with Crippen molar-refractivity contribution >= 4 is 15.9 Å². The van der Waals surface area contributed by atoms with Crippen molar-refractivity contribution in [3.63, 3.8) is 0 Å². The molecule has 7 heteroatoms. The van der Waals surface area contributed by atoms with Crippen LogP contribution in [0.2, 0.25) is 0 Å². The van der Waals surface area contributed by atoms with Crippen LogP contribution in [-0.4, -0.2) is 44.4 Å². The first kappa shape index (κ1) is 22.5. The number of rotatable bonds is 7. The maximum Gasteiger partial charge on any atom is 0.251 e. The van der Waals surface area contributed by atoms with Gasteiger partial charge < -0.3 is 10.1 Å². The first-order valence-corrected chi connectivity index (χ1v) is 11.9. The molecule has 0 aliphatic carbocycles. The van der Waals surface area contributed by atoms with E-state index >= 15 is 0 Å². The van der Waals surface area contributed by atoms with E-state index in [1.807, 2.05) is 31.2 Å². The molecular weight excluding hydrogens is 400 g/mol. The van der Waals surface area contributed by atoms with Crippen LogP contribution in [0.25, 0.3) is 0 Å². The summed E-state index contributed by atoms with van der Waals surface area (Å²) in [7, 11) is -3.62. The van der Waals surface area contributed by atoms with Crippen molar-refractivity contribution in [1.82, 2.24) is 9.62 Å². The van der Waals surface area contributed by atoms with Crippen LogP contribution in [-0.2, 0) is 14.8 Å². The van der Waals surface area contributed by atoms with Gasteiger partial charge in [-0.15, -0.1) is 0 Å². The molecular formula is C23H30N2O4S. The van der Waals surface area contributed by atoms with Gasteiger partial charge in [-0.25, -0.2) is 8.42 Å². The Morgan fingerprint density at radius 2 is 1.83 bits per heavy atom. The Labute approximate surface area is 179 Å². The Balaban J connectivity index is 1.80. The molecule has 1 N–H and O–H groups in total. The molecule has 0 radical (unpaired) electrons. The quantitative estimate of drug-likeness (QED) is 0.727. The Morgan fingerprint density at radius 3 is 2.50 bits per heavy atom. The fourth-order valence-electron chi connectivity index (χ4n) is 3.78. The highest BCUT2D eigenvalue weighted by Gasteiger charge is 2.29. The molecule has 1 heterocycles. The van der Waals surface area contributed by atoms with Crippen molar-refractivity contribution in [2.75, 3.05) is 19.7 Å². The Hall–Kier alpha value is -2.22. The molecule has 0 aromatic heterocycles. The summed E-state index contributed by atoms with van der Waals surface area (Å²) in [6.45, 7) is 7.05. The standard InChI is InChI=1S/C23H30N2O4S/c1-4-25(5-2)30(27,28)20-9-6-8-19(16-20)23(26)24-21-10-7-15-29-22(21)18-13-11-17(3)12-14-18/h6,8-9,11-14,16,21-22H,4-5,7,10,15H2,1-3H3,(H,24,26)/t21-,22-/m0/s1. The van der Waals surface area contributed by atoms with Crippen LogP contribution in [0.3, 0.4) is 0 Å². The zero-order chi connectivity index (χ0) is 21.7. The van der Waals surface area contributed by atoms with Crippen molar-refractivity contribution in [3.8, 4) is 0 Å². The fourth-order valence-corrected chi connectivity index (χ4v) is 5.28. The summed E-state index contributed by atoms with van der Waals surface area (Å²) in [6, 6.07) is 14.2. The summed E-state index contributed by atoms with van der Waals surface area (Å²) in [5.74, 6) is -0.292. The van der Waals surface area contributed by atoms with Gasteiger partial charge in [0.2, 0.25) is 10.0 Å². The number of sulfonamides is 1. The van der Waals surface area contributed by atoms with E-state index in [9.17, 15) is 13.2 Å². The molecule has 1 aliphatic heterocycles. The number of aryl methyl sites for hydroxylation is 1. The molecule has 1 aliphatic rings. The number of nitrogens with one attached hydrogen (secondary N) is 1. The largest absolute Gasteiger partial charge is 0.371 e. The zero-order valence-electron chi connectivity index (χ0n) is 17.8. The van der Waals surface area contributed by atoms with Crippen LogP contribution in [0.1, 0.15) is 54.3 Å². The highest BCUT2D eigenvalue weighted by molar-refractivity contribution is 7.89. The SMILES string of the molecule is CCN(CC)S(=O)(=O)c1cccc(C(=O)N[C@H]2CCCO[C@H]2c2ccc(C)cc2)c1. The van der Waals surface area contributed by atoms with Gasteiger partial charge in [0, 0.05) is 25.3 Å². The van der Waals surface area contributed by atoms with E-state index in [1.54, 1.807) is 26.0 Å². The molecule has 30 heavy (non-hydrogen) atoms. The summed E-state index contributed by atoms with van der Waals surface area (Å²) in [5.41, 5.74) is 2.53. The van der Waals surface area contributed by atoms with Crippen molar-refractivity contribution < 1.29 is 17.9 Å². The minimum Gasteiger partial charge on any atom is -0.371 e. The second kappa shape index (κ2) is 9.73. The molecule has 1 amide bonds. The van der Waals surface area contributed by atoms with E-state index in [2.05, 4.69) is 5.32 Å². The van der Waals surface area contributed by atoms with Crippen LogP contribution in [0.5, 0.6) is 0 Å². The average Bonchev–Trinajstić information content (AvgIpc) is 2.75. The first-order valence-electron chi connectivity index (χ1n) is 10.5. The molecule has 6 nitrogen and oxygen atoms in total. The molecule has 1 fully saturated rings. The lowest BCUT2D eigenvalue weighted by Gasteiger charge is -2.32. The molecule has 0 bridgehead atoms. The van der Waals surface area contributed by atoms with Gasteiger partial charge in [0.15, 0.2) is 0 Å². The number of benzene rings is 2. The second-order valence-electron chi connectivity index (χ2n) is 7.54. The normalized spacial score (nSPS) is 19.6. The van der Waals surface area contributed by atoms with Crippen LogP contribution in [0.4, 0.5) is 0 Å². The molecule has 0 spiro atoms. The zero-order valence-corrected chi connectivity index (χ0v) is 18.6. The fraction of sp³-hybridized carbons (Fsp3) is 0.435. The number of carbonyl (C=O) groups excluding carboxylic acids is 1. The van der Waals surface area contributed by atoms with Crippen LogP contribution in [0.15, 0.2) is 53.4 Å². The van der Waals surface area contributed by atoms with Gasteiger partial charge in [0.1, 0.15) is 6.10 Å². The lowest BCUT2D eigenvalue weighted by atomic mass is 9.95. The van der Waals surface area contributed by atoms with Crippen molar-refractivity contribution in [2.24, 2.45) is 0 Å². The van der Waals surface area contributed by atoms with Crippen molar-refractivity contribution in [1.29, 1.82) is 0 Å². The van der Waals surface area contributed by atoms with E-state index < -0.39 is 10.0 Å². The van der Waals surface area contributed by atoms with E-state index in [0.29, 0.717) is 25.3 Å². The Kier molecular flexibility index (Phi) is 7.28. The average molecular weight is 431 g/mol. The molecule has 1 saturated heterocycles. The minimum absolute atomic E-state index is 0.133. The van der Waals surface area contributed by atoms with Gasteiger partial charge in [-0.2, -0.15) is 4.31 Å². The predicted octanol–water partition coefficient (Wildman–Crippen LogP) is 3.68. The topological polar surface area (TPSA) is 75.7 Å². The third-order valence-corrected chi connectivity index (χ3v) is 7.53. The van der Waals surface area contributed by atoms with Crippen LogP contribution >= 0.6 is 0 Å². The Bertz CT molecular complexity index is 969. The van der Waals surface area contributed by atoms with Gasteiger partial charge in [0.05, 0.1) is 10.9 Å². The molecule has 2 aromatic carbocycles. The van der Waals surface area contributed by atoms with Gasteiger partial charge in [-0.1, -0.05) is 49.7 Å². The van der Waals surface area contributed by atoms with E-state index in [4.69, 9.17) is 4.74 Å². The molecule has 0 unspecified atom stereocenters. The third kappa shape index (κ3) is 4.91. The number of amides is 1. The van der Waals surface area contributed by atoms with Gasteiger partial charge >= 0.3 is 0 Å². The molecule has 2 atom stereocenters. The Morgan fingerprint density at radius 1 is 1.13 bits per heavy atom. The maximum atomic E-state index is 13.0. The van der Waals surface area contributed by atoms with Crippen LogP contribution in [0, 0.1) is 6.92 Å². The molecule has 162 valence electrons. The highest BCUT2D eigenvalue weighted by Crippen LogP contribution is 2.29. The summed E-state index contributed by atoms with van der Waals surface area (Å²) < 4.78 is 33.0. The molecule has 2 aromatic rings. The van der Waals surface area contributed by atoms with E-state index in [1.165, 1.54) is 22.0 Å². The lowest BCUT2D eigenvalue weighted by molar-refractivity contribution is -0.00946. The highest BCUT2D eigenvalue weighted by atomic mass is 32.2. The lowest BCUT2D eigenvalue weighted by Crippen LogP contribution is -2.42. The van der Waals surface area contributed by atoms with Crippen molar-refractivity contribution in [3.05, 3.63) is 65.2 Å². The summed E-state index contributed by atoms with van der Waals surface area (Å²) in [5, 5.41) is 3.06. The summed E-state index contributed by atoms with van der Waals surface area (Å²) >= 11 is 0. The summed E-state index contributed by atoms with van der Waals surface area (Å²) in [4.78, 5) is 13.1. The number of nitrogens with zero attached hydrogens (tertiary/aromatic N) is 1. The number of hydrogen-bond donors (Lipinski definition) is 1. The molecule has 3 rings (SSSR count). The van der Waals surface area contributed by atoms with Gasteiger partial charge in [0.25, 0.3) is 5.91 Å². The maximum absolute atomic E-state index is 13.0. The van der Waals surface area contributed by atoms with Crippen LogP contribution < -0.4 is 5.32 Å². The summed E-state index contributed by atoms with van der Waals surface area (Å²) in [6.07, 6.45) is 1.46. The van der Waals surface area contributed by atoms with E-state index in [-0.39, 0.29) is 22.9 Å². The van der Waals surface area contributed by atoms with Gasteiger partial charge in [-0.05, 0) is 43.5 Å². The van der Waals surface area contributed by atoms with E-state index in [0.717, 1.165) is 18.4 Å². The van der Waals surface area contributed by atoms with Gasteiger partial charge in [-0.3, -0.25) is 4.79 Å². The predicted molar refractivity (Wildman–Crippen MR) is 117 cm³/mol. The number of carbonyl (C=O) groups is 1. The number of hydrogen-bond acceptors (Lipinski definition) is 4. The first-order chi connectivity index (χ1) is 14.4. The van der Waals surface area contributed by atoms with Crippen molar-refractivity contribution in [2.45, 2.75) is 50.7 Å². The minimum atomic E-state index is -3.62.